The SMILES string of the molecule is CC(Br)C(C)(C)NC(=O)c1c(F)cccc1Br. The zero-order valence-corrected chi connectivity index (χ0v) is 13.0. The number of amides is 1. The van der Waals surface area contributed by atoms with Gasteiger partial charge in [-0.05, 0) is 41.9 Å². The number of alkyl halides is 1. The average Bonchev–Trinajstić information content (AvgIpc) is 2.15. The van der Waals surface area contributed by atoms with Gasteiger partial charge in [-0.3, -0.25) is 4.79 Å². The van der Waals surface area contributed by atoms with Crippen molar-refractivity contribution >= 4 is 37.8 Å². The third kappa shape index (κ3) is 3.52. The molecule has 0 fully saturated rings. The molecule has 0 radical (unpaired) electrons. The van der Waals surface area contributed by atoms with Crippen molar-refractivity contribution in [2.75, 3.05) is 0 Å². The number of benzene rings is 1. The van der Waals surface area contributed by atoms with Crippen LogP contribution in [0.1, 0.15) is 31.1 Å². The molecule has 1 unspecified atom stereocenters. The summed E-state index contributed by atoms with van der Waals surface area (Å²) in [6.45, 7) is 5.68. The summed E-state index contributed by atoms with van der Waals surface area (Å²) in [5, 5.41) is 2.80. The van der Waals surface area contributed by atoms with Gasteiger partial charge in [-0.25, -0.2) is 4.39 Å². The van der Waals surface area contributed by atoms with E-state index in [1.807, 2.05) is 20.8 Å². The molecule has 1 rings (SSSR count). The molecule has 1 atom stereocenters. The number of nitrogens with one attached hydrogen (secondary N) is 1. The van der Waals surface area contributed by atoms with Crippen LogP contribution in [0.3, 0.4) is 0 Å². The first-order valence-electron chi connectivity index (χ1n) is 5.16. The van der Waals surface area contributed by atoms with Crippen molar-refractivity contribution in [2.45, 2.75) is 31.1 Å². The van der Waals surface area contributed by atoms with Crippen molar-refractivity contribution in [2.24, 2.45) is 0 Å². The number of hydrogen-bond acceptors (Lipinski definition) is 1. The Kier molecular flexibility index (Phi) is 4.72. The Balaban J connectivity index is 2.99. The zero-order chi connectivity index (χ0) is 13.2. The predicted molar refractivity (Wildman–Crippen MR) is 74.0 cm³/mol. The monoisotopic (exact) mass is 365 g/mol. The Bertz CT molecular complexity index is 412. The van der Waals surface area contributed by atoms with Crippen LogP contribution in [0.4, 0.5) is 4.39 Å². The van der Waals surface area contributed by atoms with E-state index >= 15 is 0 Å². The molecule has 0 aromatic heterocycles. The molecule has 0 saturated heterocycles. The van der Waals surface area contributed by atoms with Gasteiger partial charge >= 0.3 is 0 Å². The van der Waals surface area contributed by atoms with E-state index in [0.29, 0.717) is 4.47 Å². The van der Waals surface area contributed by atoms with E-state index < -0.39 is 17.3 Å². The molecule has 5 heteroatoms. The van der Waals surface area contributed by atoms with Gasteiger partial charge in [-0.2, -0.15) is 0 Å². The maximum absolute atomic E-state index is 13.6. The number of carbonyl (C=O) groups is 1. The molecule has 2 nitrogen and oxygen atoms in total. The molecule has 0 aliphatic carbocycles. The first-order chi connectivity index (χ1) is 7.75. The molecule has 0 aliphatic rings. The fourth-order valence-corrected chi connectivity index (χ4v) is 1.81. The molecule has 1 aromatic rings. The van der Waals surface area contributed by atoms with Crippen LogP contribution in [0.2, 0.25) is 0 Å². The highest BCUT2D eigenvalue weighted by Gasteiger charge is 2.28. The van der Waals surface area contributed by atoms with Gasteiger partial charge in [0.15, 0.2) is 0 Å². The van der Waals surface area contributed by atoms with Gasteiger partial charge in [0.25, 0.3) is 5.91 Å². The van der Waals surface area contributed by atoms with E-state index in [2.05, 4.69) is 37.2 Å². The Hall–Kier alpha value is -0.420. The summed E-state index contributed by atoms with van der Waals surface area (Å²) in [4.78, 5) is 12.1. The van der Waals surface area contributed by atoms with Gasteiger partial charge in [0.2, 0.25) is 0 Å². The van der Waals surface area contributed by atoms with Crippen LogP contribution in [0.5, 0.6) is 0 Å². The highest BCUT2D eigenvalue weighted by atomic mass is 79.9. The highest BCUT2D eigenvalue weighted by Crippen LogP contribution is 2.22. The van der Waals surface area contributed by atoms with Gasteiger partial charge in [-0.15, -0.1) is 0 Å². The normalized spacial score (nSPS) is 13.3. The molecule has 1 N–H and O–H groups in total. The van der Waals surface area contributed by atoms with Crippen LogP contribution < -0.4 is 5.32 Å². The van der Waals surface area contributed by atoms with Crippen LogP contribution in [0, 0.1) is 5.82 Å². The lowest BCUT2D eigenvalue weighted by Gasteiger charge is -2.29. The average molecular weight is 367 g/mol. The van der Waals surface area contributed by atoms with E-state index in [0.717, 1.165) is 0 Å². The molecule has 0 saturated carbocycles. The third-order valence-corrected chi connectivity index (χ3v) is 4.43. The van der Waals surface area contributed by atoms with Gasteiger partial charge < -0.3 is 5.32 Å². The van der Waals surface area contributed by atoms with Gasteiger partial charge in [0, 0.05) is 14.8 Å². The second-order valence-electron chi connectivity index (χ2n) is 4.39. The number of hydrogen-bond donors (Lipinski definition) is 1. The summed E-state index contributed by atoms with van der Waals surface area (Å²) in [7, 11) is 0. The molecule has 0 heterocycles. The van der Waals surface area contributed by atoms with Crippen LogP contribution in [-0.4, -0.2) is 16.3 Å². The fourth-order valence-electron chi connectivity index (χ4n) is 1.17. The van der Waals surface area contributed by atoms with E-state index in [1.54, 1.807) is 12.1 Å². The Morgan fingerprint density at radius 3 is 2.53 bits per heavy atom. The van der Waals surface area contributed by atoms with Crippen molar-refractivity contribution in [1.29, 1.82) is 0 Å². The summed E-state index contributed by atoms with van der Waals surface area (Å²) in [6, 6.07) is 4.46. The van der Waals surface area contributed by atoms with E-state index in [9.17, 15) is 9.18 Å². The fraction of sp³-hybridized carbons (Fsp3) is 0.417. The largest absolute Gasteiger partial charge is 0.346 e. The van der Waals surface area contributed by atoms with Crippen molar-refractivity contribution < 1.29 is 9.18 Å². The lowest BCUT2D eigenvalue weighted by molar-refractivity contribution is 0.0909. The topological polar surface area (TPSA) is 29.1 Å². The molecule has 1 aromatic carbocycles. The lowest BCUT2D eigenvalue weighted by atomic mass is 10.0. The van der Waals surface area contributed by atoms with Crippen LogP contribution >= 0.6 is 31.9 Å². The van der Waals surface area contributed by atoms with Crippen molar-refractivity contribution in [3.8, 4) is 0 Å². The Morgan fingerprint density at radius 2 is 2.06 bits per heavy atom. The Morgan fingerprint density at radius 1 is 1.47 bits per heavy atom. The summed E-state index contributed by atoms with van der Waals surface area (Å²) < 4.78 is 14.0. The number of rotatable bonds is 3. The quantitative estimate of drug-likeness (QED) is 0.808. The molecule has 17 heavy (non-hydrogen) atoms. The summed E-state index contributed by atoms with van der Waals surface area (Å²) in [6.07, 6.45) is 0. The van der Waals surface area contributed by atoms with Gasteiger partial charge in [0.1, 0.15) is 5.82 Å². The van der Waals surface area contributed by atoms with Crippen LogP contribution in [-0.2, 0) is 0 Å². The molecular weight excluding hydrogens is 353 g/mol. The third-order valence-electron chi connectivity index (χ3n) is 2.62. The van der Waals surface area contributed by atoms with E-state index in [4.69, 9.17) is 0 Å². The smallest absolute Gasteiger partial charge is 0.255 e. The van der Waals surface area contributed by atoms with Gasteiger partial charge in [0.05, 0.1) is 5.56 Å². The van der Waals surface area contributed by atoms with Gasteiger partial charge in [-0.1, -0.05) is 28.9 Å². The molecule has 0 bridgehead atoms. The molecule has 1 amide bonds. The van der Waals surface area contributed by atoms with Crippen molar-refractivity contribution in [3.63, 3.8) is 0 Å². The first kappa shape index (κ1) is 14.6. The van der Waals surface area contributed by atoms with E-state index in [-0.39, 0.29) is 10.4 Å². The maximum atomic E-state index is 13.6. The van der Waals surface area contributed by atoms with E-state index in [1.165, 1.54) is 6.07 Å². The Labute approximate surface area is 117 Å². The number of halogens is 3. The molecular formula is C12H14Br2FNO. The predicted octanol–water partition coefficient (Wildman–Crippen LogP) is 3.88. The van der Waals surface area contributed by atoms with Crippen LogP contribution in [0.25, 0.3) is 0 Å². The first-order valence-corrected chi connectivity index (χ1v) is 6.87. The second-order valence-corrected chi connectivity index (χ2v) is 6.62. The van der Waals surface area contributed by atoms with Crippen LogP contribution in [0.15, 0.2) is 22.7 Å². The highest BCUT2D eigenvalue weighted by molar-refractivity contribution is 9.10. The summed E-state index contributed by atoms with van der Waals surface area (Å²) >= 11 is 6.59. The summed E-state index contributed by atoms with van der Waals surface area (Å²) in [5.74, 6) is -0.957. The zero-order valence-electron chi connectivity index (χ0n) is 9.85. The number of carbonyl (C=O) groups excluding carboxylic acids is 1. The molecule has 0 spiro atoms. The standard InChI is InChI=1S/C12H14Br2FNO/c1-7(13)12(2,3)16-11(17)10-8(14)5-4-6-9(10)15/h4-7H,1-3H3,(H,16,17). The lowest BCUT2D eigenvalue weighted by Crippen LogP contribution is -2.49. The van der Waals surface area contributed by atoms with Crippen molar-refractivity contribution in [1.82, 2.24) is 5.32 Å². The molecule has 0 aliphatic heterocycles. The van der Waals surface area contributed by atoms with Crippen molar-refractivity contribution in [3.05, 3.63) is 34.1 Å². The maximum Gasteiger partial charge on any atom is 0.255 e. The minimum Gasteiger partial charge on any atom is -0.346 e. The minimum atomic E-state index is -0.532. The second kappa shape index (κ2) is 5.48. The minimum absolute atomic E-state index is 0.0359. The molecule has 94 valence electrons. The summed E-state index contributed by atoms with van der Waals surface area (Å²) in [5.41, 5.74) is -0.424.